The minimum atomic E-state index is 0.553. The predicted octanol–water partition coefficient (Wildman–Crippen LogP) is 4.74. The summed E-state index contributed by atoms with van der Waals surface area (Å²) in [5, 5.41) is 0. The molecule has 0 aromatic heterocycles. The van der Waals surface area contributed by atoms with Crippen LogP contribution in [0.4, 0.5) is 0 Å². The maximum Gasteiger partial charge on any atom is -0.0297 e. The molecule has 0 spiro atoms. The molecular formula is C13H25. The zero-order valence-corrected chi connectivity index (χ0v) is 9.44. The van der Waals surface area contributed by atoms with Crippen molar-refractivity contribution >= 4 is 0 Å². The molecule has 1 saturated carbocycles. The summed E-state index contributed by atoms with van der Waals surface area (Å²) < 4.78 is 0. The highest BCUT2D eigenvalue weighted by atomic mass is 14.3. The molecule has 77 valence electrons. The lowest BCUT2D eigenvalue weighted by Gasteiger charge is -2.28. The van der Waals surface area contributed by atoms with Crippen LogP contribution in [0.15, 0.2) is 0 Å². The summed E-state index contributed by atoms with van der Waals surface area (Å²) in [7, 11) is 0. The van der Waals surface area contributed by atoms with E-state index in [1.54, 1.807) is 0 Å². The van der Waals surface area contributed by atoms with E-state index >= 15 is 0 Å². The Hall–Kier alpha value is 0. The van der Waals surface area contributed by atoms with Crippen LogP contribution in [0.2, 0.25) is 0 Å². The van der Waals surface area contributed by atoms with E-state index in [2.05, 4.69) is 20.3 Å². The number of rotatable bonds is 1. The minimum absolute atomic E-state index is 0.553. The third kappa shape index (κ3) is 4.15. The quantitative estimate of drug-likeness (QED) is 0.548. The molecule has 1 rings (SSSR count). The molecule has 0 heterocycles. The lowest BCUT2D eigenvalue weighted by Crippen LogP contribution is -2.16. The smallest absolute Gasteiger partial charge is 0.0297 e. The van der Waals surface area contributed by atoms with Gasteiger partial charge in [-0.1, -0.05) is 58.8 Å². The predicted molar refractivity (Wildman–Crippen MR) is 59.6 cm³/mol. The molecule has 0 aromatic rings. The van der Waals surface area contributed by atoms with E-state index in [0.29, 0.717) is 5.41 Å². The van der Waals surface area contributed by atoms with Crippen LogP contribution in [0.1, 0.15) is 71.6 Å². The zero-order chi connectivity index (χ0) is 9.57. The molecule has 1 fully saturated rings. The van der Waals surface area contributed by atoms with Gasteiger partial charge in [0.2, 0.25) is 0 Å². The Morgan fingerprint density at radius 1 is 0.769 bits per heavy atom. The van der Waals surface area contributed by atoms with Gasteiger partial charge in [0.1, 0.15) is 0 Å². The van der Waals surface area contributed by atoms with E-state index in [1.807, 2.05) is 0 Å². The topological polar surface area (TPSA) is 0 Å². The molecule has 1 aliphatic carbocycles. The average Bonchev–Trinajstić information content (AvgIpc) is 2.16. The van der Waals surface area contributed by atoms with Crippen molar-refractivity contribution < 1.29 is 0 Å². The molecule has 0 unspecified atom stereocenters. The Morgan fingerprint density at radius 3 is 1.54 bits per heavy atom. The van der Waals surface area contributed by atoms with Crippen molar-refractivity contribution in [1.82, 2.24) is 0 Å². The van der Waals surface area contributed by atoms with E-state index in [4.69, 9.17) is 0 Å². The largest absolute Gasteiger partial charge is 0.0617 e. The molecule has 0 aromatic carbocycles. The molecular weight excluding hydrogens is 156 g/mol. The van der Waals surface area contributed by atoms with Gasteiger partial charge >= 0.3 is 0 Å². The highest BCUT2D eigenvalue weighted by molar-refractivity contribution is 4.85. The monoisotopic (exact) mass is 181 g/mol. The second-order valence-electron chi connectivity index (χ2n) is 4.92. The van der Waals surface area contributed by atoms with Crippen LogP contribution in [0.3, 0.4) is 0 Å². The van der Waals surface area contributed by atoms with Gasteiger partial charge in [-0.05, 0) is 24.7 Å². The summed E-state index contributed by atoms with van der Waals surface area (Å²) in [6.07, 6.45) is 15.5. The normalized spacial score (nSPS) is 25.4. The van der Waals surface area contributed by atoms with Crippen molar-refractivity contribution in [2.45, 2.75) is 71.6 Å². The Labute approximate surface area is 84.1 Å². The van der Waals surface area contributed by atoms with Crippen LogP contribution in [0.5, 0.6) is 0 Å². The van der Waals surface area contributed by atoms with Gasteiger partial charge in [0, 0.05) is 0 Å². The number of hydrogen-bond donors (Lipinski definition) is 0. The second kappa shape index (κ2) is 5.67. The summed E-state index contributed by atoms with van der Waals surface area (Å²) in [5.74, 6) is 0. The van der Waals surface area contributed by atoms with Gasteiger partial charge in [-0.2, -0.15) is 0 Å². The molecule has 13 heavy (non-hydrogen) atoms. The van der Waals surface area contributed by atoms with Gasteiger partial charge in [-0.15, -0.1) is 0 Å². The summed E-state index contributed by atoms with van der Waals surface area (Å²) in [5.41, 5.74) is 0.553. The lowest BCUT2D eigenvalue weighted by molar-refractivity contribution is 0.293. The molecule has 1 radical (unpaired) electrons. The summed E-state index contributed by atoms with van der Waals surface area (Å²) in [6, 6.07) is 0. The van der Waals surface area contributed by atoms with Gasteiger partial charge in [0.15, 0.2) is 0 Å². The highest BCUT2D eigenvalue weighted by Crippen LogP contribution is 2.34. The summed E-state index contributed by atoms with van der Waals surface area (Å²) in [4.78, 5) is 0. The maximum absolute atomic E-state index is 2.44. The minimum Gasteiger partial charge on any atom is -0.0617 e. The van der Waals surface area contributed by atoms with Crippen LogP contribution < -0.4 is 0 Å². The third-order valence-electron chi connectivity index (χ3n) is 3.69. The van der Waals surface area contributed by atoms with Crippen molar-refractivity contribution in [2.24, 2.45) is 5.41 Å². The molecule has 1 aliphatic rings. The molecule has 0 N–H and O–H groups in total. The van der Waals surface area contributed by atoms with Crippen LogP contribution in [-0.4, -0.2) is 0 Å². The molecule has 0 aliphatic heterocycles. The van der Waals surface area contributed by atoms with Crippen LogP contribution in [0.25, 0.3) is 0 Å². The first-order chi connectivity index (χ1) is 6.27. The third-order valence-corrected chi connectivity index (χ3v) is 3.69. The molecule has 0 heteroatoms. The summed E-state index contributed by atoms with van der Waals surface area (Å²) >= 11 is 0. The Morgan fingerprint density at radius 2 is 1.15 bits per heavy atom. The van der Waals surface area contributed by atoms with Gasteiger partial charge < -0.3 is 0 Å². The average molecular weight is 181 g/mol. The molecule has 0 nitrogen and oxygen atoms in total. The number of hydrogen-bond acceptors (Lipinski definition) is 0. The van der Waals surface area contributed by atoms with E-state index in [-0.39, 0.29) is 0 Å². The fraction of sp³-hybridized carbons (Fsp3) is 0.923. The SMILES string of the molecule is C[CH]C1(C)CCCCCCCCC1. The van der Waals surface area contributed by atoms with E-state index in [1.165, 1.54) is 57.8 Å². The van der Waals surface area contributed by atoms with Gasteiger partial charge in [0.05, 0.1) is 0 Å². The van der Waals surface area contributed by atoms with Crippen LogP contribution >= 0.6 is 0 Å². The van der Waals surface area contributed by atoms with E-state index in [9.17, 15) is 0 Å². The van der Waals surface area contributed by atoms with Gasteiger partial charge in [-0.25, -0.2) is 0 Å². The van der Waals surface area contributed by atoms with Crippen molar-refractivity contribution in [1.29, 1.82) is 0 Å². The first-order valence-corrected chi connectivity index (χ1v) is 6.07. The Bertz CT molecular complexity index is 116. The second-order valence-corrected chi connectivity index (χ2v) is 4.92. The molecule has 0 atom stereocenters. The highest BCUT2D eigenvalue weighted by Gasteiger charge is 2.21. The van der Waals surface area contributed by atoms with E-state index in [0.717, 1.165) is 0 Å². The van der Waals surface area contributed by atoms with E-state index < -0.39 is 0 Å². The van der Waals surface area contributed by atoms with Gasteiger partial charge in [-0.3, -0.25) is 0 Å². The van der Waals surface area contributed by atoms with Crippen LogP contribution in [0, 0.1) is 11.8 Å². The first kappa shape index (κ1) is 11.1. The molecule has 0 amide bonds. The Kier molecular flexibility index (Phi) is 4.83. The van der Waals surface area contributed by atoms with Gasteiger partial charge in [0.25, 0.3) is 0 Å². The van der Waals surface area contributed by atoms with Crippen LogP contribution in [-0.2, 0) is 0 Å². The maximum atomic E-state index is 2.44. The lowest BCUT2D eigenvalue weighted by atomic mass is 9.77. The summed E-state index contributed by atoms with van der Waals surface area (Å²) in [6.45, 7) is 4.68. The van der Waals surface area contributed by atoms with Crippen molar-refractivity contribution in [3.8, 4) is 0 Å². The molecule has 0 saturated heterocycles. The van der Waals surface area contributed by atoms with Crippen molar-refractivity contribution in [3.63, 3.8) is 0 Å². The Balaban J connectivity index is 2.34. The fourth-order valence-corrected chi connectivity index (χ4v) is 2.36. The van der Waals surface area contributed by atoms with Crippen molar-refractivity contribution in [2.75, 3.05) is 0 Å². The first-order valence-electron chi connectivity index (χ1n) is 6.07. The fourth-order valence-electron chi connectivity index (χ4n) is 2.36. The standard InChI is InChI=1S/C13H25/c1-3-13(2)11-9-7-5-4-6-8-10-12-13/h3H,4-12H2,1-2H3. The zero-order valence-electron chi connectivity index (χ0n) is 9.44. The molecule has 0 bridgehead atoms. The van der Waals surface area contributed by atoms with Crippen molar-refractivity contribution in [3.05, 3.63) is 6.42 Å².